The van der Waals surface area contributed by atoms with Crippen LogP contribution >= 0.6 is 0 Å². The second kappa shape index (κ2) is 5.05. The molecule has 0 aliphatic carbocycles. The third-order valence-electron chi connectivity index (χ3n) is 2.82. The summed E-state index contributed by atoms with van der Waals surface area (Å²) in [4.78, 5) is 33.3. The number of hydrogen-bond donors (Lipinski definition) is 3. The van der Waals surface area contributed by atoms with Gasteiger partial charge in [0.15, 0.2) is 0 Å². The van der Waals surface area contributed by atoms with E-state index in [4.69, 9.17) is 5.11 Å². The van der Waals surface area contributed by atoms with Crippen LogP contribution < -0.4 is 10.6 Å². The number of carbonyl (C=O) groups is 3. The van der Waals surface area contributed by atoms with Gasteiger partial charge in [-0.2, -0.15) is 0 Å². The lowest BCUT2D eigenvalue weighted by molar-refractivity contribution is -0.123. The van der Waals surface area contributed by atoms with Gasteiger partial charge in [0, 0.05) is 18.7 Å². The van der Waals surface area contributed by atoms with E-state index in [0.717, 1.165) is 12.1 Å². The number of carboxylic acid groups (broad SMARTS) is 1. The number of aromatic carboxylic acids is 1. The quantitative estimate of drug-likeness (QED) is 0.746. The topological polar surface area (TPSA) is 95.5 Å². The molecule has 2 rings (SSSR count). The molecule has 19 heavy (non-hydrogen) atoms. The Morgan fingerprint density at radius 1 is 1.42 bits per heavy atom. The molecule has 7 heteroatoms. The van der Waals surface area contributed by atoms with Crippen molar-refractivity contribution < 1.29 is 23.9 Å². The SMILES string of the molecule is O=C1CC(C(=O)Nc2ccc(C(=O)O)c(F)c2)CN1. The number of hydrogen-bond acceptors (Lipinski definition) is 3. The van der Waals surface area contributed by atoms with E-state index in [1.807, 2.05) is 0 Å². The summed E-state index contributed by atoms with van der Waals surface area (Å²) in [6.45, 7) is 0.250. The van der Waals surface area contributed by atoms with Crippen LogP contribution in [-0.2, 0) is 9.59 Å². The zero-order valence-corrected chi connectivity index (χ0v) is 9.77. The van der Waals surface area contributed by atoms with E-state index in [0.29, 0.717) is 0 Å². The van der Waals surface area contributed by atoms with Crippen LogP contribution in [-0.4, -0.2) is 29.4 Å². The number of carbonyl (C=O) groups excluding carboxylic acids is 2. The first kappa shape index (κ1) is 13.0. The summed E-state index contributed by atoms with van der Waals surface area (Å²) in [5.41, 5.74) is -0.303. The fourth-order valence-electron chi connectivity index (χ4n) is 1.80. The molecule has 1 aliphatic heterocycles. The molecule has 1 atom stereocenters. The number of rotatable bonds is 3. The molecule has 1 fully saturated rings. The Balaban J connectivity index is 2.07. The van der Waals surface area contributed by atoms with Gasteiger partial charge in [-0.05, 0) is 18.2 Å². The van der Waals surface area contributed by atoms with Crippen LogP contribution in [0.3, 0.4) is 0 Å². The van der Waals surface area contributed by atoms with Crippen molar-refractivity contribution in [1.29, 1.82) is 0 Å². The van der Waals surface area contributed by atoms with Crippen LogP contribution in [0.4, 0.5) is 10.1 Å². The van der Waals surface area contributed by atoms with Crippen LogP contribution in [0.2, 0.25) is 0 Å². The minimum Gasteiger partial charge on any atom is -0.478 e. The first-order chi connectivity index (χ1) is 8.97. The average molecular weight is 266 g/mol. The van der Waals surface area contributed by atoms with E-state index in [1.165, 1.54) is 6.07 Å². The normalized spacial score (nSPS) is 17.9. The molecule has 0 radical (unpaired) electrons. The highest BCUT2D eigenvalue weighted by atomic mass is 19.1. The van der Waals surface area contributed by atoms with Gasteiger partial charge in [0.25, 0.3) is 0 Å². The van der Waals surface area contributed by atoms with Crippen molar-refractivity contribution >= 4 is 23.5 Å². The number of anilines is 1. The summed E-state index contributed by atoms with van der Waals surface area (Å²) in [7, 11) is 0. The number of benzene rings is 1. The Kier molecular flexibility index (Phi) is 3.46. The smallest absolute Gasteiger partial charge is 0.338 e. The Hall–Kier alpha value is -2.44. The van der Waals surface area contributed by atoms with E-state index in [1.54, 1.807) is 0 Å². The van der Waals surface area contributed by atoms with Gasteiger partial charge in [-0.15, -0.1) is 0 Å². The van der Waals surface area contributed by atoms with Gasteiger partial charge >= 0.3 is 5.97 Å². The predicted octanol–water partition coefficient (Wildman–Crippen LogP) is 0.599. The van der Waals surface area contributed by atoms with Crippen LogP contribution in [0, 0.1) is 11.7 Å². The van der Waals surface area contributed by atoms with Crippen LogP contribution in [0.25, 0.3) is 0 Å². The monoisotopic (exact) mass is 266 g/mol. The van der Waals surface area contributed by atoms with Gasteiger partial charge in [0.1, 0.15) is 5.82 Å². The molecule has 3 N–H and O–H groups in total. The molecular weight excluding hydrogens is 255 g/mol. The van der Waals surface area contributed by atoms with Crippen molar-refractivity contribution in [3.63, 3.8) is 0 Å². The molecule has 1 saturated heterocycles. The molecule has 1 aromatic carbocycles. The second-order valence-electron chi connectivity index (χ2n) is 4.19. The molecule has 0 bridgehead atoms. The first-order valence-corrected chi connectivity index (χ1v) is 5.58. The summed E-state index contributed by atoms with van der Waals surface area (Å²) in [6.07, 6.45) is 0.0987. The summed E-state index contributed by atoms with van der Waals surface area (Å²) in [5.74, 6) is -3.39. The summed E-state index contributed by atoms with van der Waals surface area (Å²) < 4.78 is 13.4. The minimum atomic E-state index is -1.37. The van der Waals surface area contributed by atoms with Crippen LogP contribution in [0.1, 0.15) is 16.8 Å². The maximum Gasteiger partial charge on any atom is 0.338 e. The molecule has 0 spiro atoms. The molecule has 100 valence electrons. The molecule has 1 aromatic rings. The third kappa shape index (κ3) is 2.87. The van der Waals surface area contributed by atoms with Gasteiger partial charge in [-0.25, -0.2) is 9.18 Å². The highest BCUT2D eigenvalue weighted by molar-refractivity contribution is 5.97. The Morgan fingerprint density at radius 3 is 2.68 bits per heavy atom. The van der Waals surface area contributed by atoms with Gasteiger partial charge < -0.3 is 15.7 Å². The molecule has 1 aliphatic rings. The van der Waals surface area contributed by atoms with Gasteiger partial charge in [0.2, 0.25) is 11.8 Å². The fraction of sp³-hybridized carbons (Fsp3) is 0.250. The Labute approximate surface area is 107 Å². The minimum absolute atomic E-state index is 0.0987. The van der Waals surface area contributed by atoms with E-state index >= 15 is 0 Å². The fourth-order valence-corrected chi connectivity index (χ4v) is 1.80. The van der Waals surface area contributed by atoms with Gasteiger partial charge in [-0.1, -0.05) is 0 Å². The predicted molar refractivity (Wildman–Crippen MR) is 63.1 cm³/mol. The lowest BCUT2D eigenvalue weighted by atomic mass is 10.1. The van der Waals surface area contributed by atoms with E-state index in [2.05, 4.69) is 10.6 Å². The molecule has 2 amide bonds. The maximum absolute atomic E-state index is 13.4. The van der Waals surface area contributed by atoms with Crippen molar-refractivity contribution in [3.8, 4) is 0 Å². The number of nitrogens with one attached hydrogen (secondary N) is 2. The van der Waals surface area contributed by atoms with Crippen molar-refractivity contribution in [1.82, 2.24) is 5.32 Å². The lowest BCUT2D eigenvalue weighted by Gasteiger charge is -2.09. The lowest BCUT2D eigenvalue weighted by Crippen LogP contribution is -2.24. The summed E-state index contributed by atoms with van der Waals surface area (Å²) in [6, 6.07) is 3.31. The second-order valence-corrected chi connectivity index (χ2v) is 4.19. The Morgan fingerprint density at radius 2 is 2.16 bits per heavy atom. The Bertz CT molecular complexity index is 559. The van der Waals surface area contributed by atoms with Crippen LogP contribution in [0.5, 0.6) is 0 Å². The molecule has 0 aromatic heterocycles. The third-order valence-corrected chi connectivity index (χ3v) is 2.82. The van der Waals surface area contributed by atoms with E-state index < -0.39 is 29.2 Å². The largest absolute Gasteiger partial charge is 0.478 e. The van der Waals surface area contributed by atoms with E-state index in [-0.39, 0.29) is 24.6 Å². The summed E-state index contributed by atoms with van der Waals surface area (Å²) in [5, 5.41) is 13.6. The highest BCUT2D eigenvalue weighted by Crippen LogP contribution is 2.17. The number of halogens is 1. The average Bonchev–Trinajstić information content (AvgIpc) is 2.75. The number of carboxylic acids is 1. The van der Waals surface area contributed by atoms with E-state index in [9.17, 15) is 18.8 Å². The van der Waals surface area contributed by atoms with Crippen molar-refractivity contribution in [2.75, 3.05) is 11.9 Å². The molecule has 6 nitrogen and oxygen atoms in total. The zero-order valence-electron chi connectivity index (χ0n) is 9.77. The number of amides is 2. The van der Waals surface area contributed by atoms with Crippen molar-refractivity contribution in [2.24, 2.45) is 5.92 Å². The van der Waals surface area contributed by atoms with Crippen molar-refractivity contribution in [3.05, 3.63) is 29.6 Å². The zero-order chi connectivity index (χ0) is 14.0. The van der Waals surface area contributed by atoms with Crippen molar-refractivity contribution in [2.45, 2.75) is 6.42 Å². The molecule has 0 saturated carbocycles. The maximum atomic E-state index is 13.4. The standard InChI is InChI=1S/C12H11FN2O4/c13-9-4-7(1-2-8(9)12(18)19)15-11(17)6-3-10(16)14-5-6/h1-2,4,6H,3,5H2,(H,14,16)(H,15,17)(H,18,19). The van der Waals surface area contributed by atoms with Gasteiger partial charge in [0.05, 0.1) is 11.5 Å². The summed E-state index contributed by atoms with van der Waals surface area (Å²) >= 11 is 0. The molecule has 1 unspecified atom stereocenters. The molecule has 1 heterocycles. The first-order valence-electron chi connectivity index (χ1n) is 5.58. The van der Waals surface area contributed by atoms with Gasteiger partial charge in [-0.3, -0.25) is 9.59 Å². The highest BCUT2D eigenvalue weighted by Gasteiger charge is 2.28. The van der Waals surface area contributed by atoms with Crippen LogP contribution in [0.15, 0.2) is 18.2 Å². The molecular formula is C12H11FN2O4.